The van der Waals surface area contributed by atoms with Crippen LogP contribution in [0.25, 0.3) is 0 Å². The Morgan fingerprint density at radius 3 is 2.90 bits per heavy atom. The van der Waals surface area contributed by atoms with E-state index in [1.165, 1.54) is 0 Å². The third kappa shape index (κ3) is 7.43. The van der Waals surface area contributed by atoms with Crippen molar-refractivity contribution in [3.05, 3.63) is 0 Å². The van der Waals surface area contributed by atoms with E-state index in [0.717, 1.165) is 39.0 Å². The third-order valence-electron chi connectivity index (χ3n) is 1.15. The molecule has 3 heteroatoms. The number of carbonyl (C=O) groups excluding carboxylic acids is 1. The number of hydrogen-bond acceptors (Lipinski definition) is 2. The first kappa shape index (κ1) is 9.43. The van der Waals surface area contributed by atoms with Gasteiger partial charge in [0.15, 0.2) is 0 Å². The topological polar surface area (TPSA) is 38.3 Å². The van der Waals surface area contributed by atoms with Crippen LogP contribution in [0.15, 0.2) is 0 Å². The van der Waals surface area contributed by atoms with Crippen LogP contribution in [0.1, 0.15) is 19.8 Å². The molecule has 0 aromatic heterocycles. The van der Waals surface area contributed by atoms with E-state index < -0.39 is 0 Å². The molecular formula is C7H15NO2. The molecule has 0 spiro atoms. The average Bonchev–Trinajstić information content (AvgIpc) is 1.97. The molecule has 0 unspecified atom stereocenters. The standard InChI is InChI=1S/C7H15NO2/c1-2-10-6-4-3-5-8-7-9/h7H,2-6H2,1H3,(H,8,9). The molecular weight excluding hydrogens is 130 g/mol. The number of hydrogen-bond donors (Lipinski definition) is 1. The molecule has 0 rings (SSSR count). The highest BCUT2D eigenvalue weighted by Crippen LogP contribution is 1.86. The Morgan fingerprint density at radius 1 is 1.50 bits per heavy atom. The molecule has 1 amide bonds. The molecule has 0 fully saturated rings. The van der Waals surface area contributed by atoms with E-state index in [4.69, 9.17) is 4.74 Å². The fraction of sp³-hybridized carbons (Fsp3) is 0.857. The molecule has 1 N–H and O–H groups in total. The van der Waals surface area contributed by atoms with Crippen LogP contribution < -0.4 is 5.32 Å². The van der Waals surface area contributed by atoms with Crippen molar-refractivity contribution in [1.29, 1.82) is 0 Å². The van der Waals surface area contributed by atoms with Gasteiger partial charge in [-0.25, -0.2) is 0 Å². The van der Waals surface area contributed by atoms with Crippen LogP contribution in [0.2, 0.25) is 0 Å². The van der Waals surface area contributed by atoms with Crippen LogP contribution in [0.5, 0.6) is 0 Å². The van der Waals surface area contributed by atoms with E-state index in [1.807, 2.05) is 6.92 Å². The summed E-state index contributed by atoms with van der Waals surface area (Å²) in [5, 5.41) is 2.59. The Balaban J connectivity index is 2.70. The molecule has 0 saturated heterocycles. The quantitative estimate of drug-likeness (QED) is 0.419. The van der Waals surface area contributed by atoms with Gasteiger partial charge in [-0.15, -0.1) is 0 Å². The van der Waals surface area contributed by atoms with Crippen molar-refractivity contribution in [2.45, 2.75) is 19.8 Å². The summed E-state index contributed by atoms with van der Waals surface area (Å²) in [5.41, 5.74) is 0. The molecule has 0 aliphatic rings. The zero-order valence-corrected chi connectivity index (χ0v) is 6.43. The minimum Gasteiger partial charge on any atom is -0.382 e. The van der Waals surface area contributed by atoms with Crippen molar-refractivity contribution >= 4 is 6.41 Å². The normalized spacial score (nSPS) is 9.30. The predicted octanol–water partition coefficient (Wildman–Crippen LogP) is 0.549. The first-order valence-corrected chi connectivity index (χ1v) is 3.66. The molecule has 0 aliphatic carbocycles. The molecule has 0 aromatic carbocycles. The zero-order chi connectivity index (χ0) is 7.66. The van der Waals surface area contributed by atoms with Gasteiger partial charge < -0.3 is 10.1 Å². The lowest BCUT2D eigenvalue weighted by molar-refractivity contribution is -0.109. The minimum atomic E-state index is 0.723. The highest BCUT2D eigenvalue weighted by molar-refractivity contribution is 5.45. The summed E-state index contributed by atoms with van der Waals surface area (Å²) in [6.45, 7) is 4.32. The largest absolute Gasteiger partial charge is 0.382 e. The first-order valence-electron chi connectivity index (χ1n) is 3.66. The fourth-order valence-corrected chi connectivity index (χ4v) is 0.634. The van der Waals surface area contributed by atoms with Crippen molar-refractivity contribution < 1.29 is 9.53 Å². The Labute approximate surface area is 61.8 Å². The van der Waals surface area contributed by atoms with Crippen LogP contribution in [0.3, 0.4) is 0 Å². The molecule has 0 radical (unpaired) electrons. The lowest BCUT2D eigenvalue weighted by atomic mass is 10.3. The van der Waals surface area contributed by atoms with E-state index in [9.17, 15) is 4.79 Å². The average molecular weight is 145 g/mol. The molecule has 0 bridgehead atoms. The second kappa shape index (κ2) is 8.43. The maximum absolute atomic E-state index is 9.75. The summed E-state index contributed by atoms with van der Waals surface area (Å²) in [4.78, 5) is 9.75. The Bertz CT molecular complexity index is 76.0. The summed E-state index contributed by atoms with van der Waals surface area (Å²) < 4.78 is 5.10. The van der Waals surface area contributed by atoms with Crippen molar-refractivity contribution in [2.24, 2.45) is 0 Å². The van der Waals surface area contributed by atoms with E-state index >= 15 is 0 Å². The van der Waals surface area contributed by atoms with Crippen molar-refractivity contribution in [3.63, 3.8) is 0 Å². The molecule has 60 valence electrons. The maximum Gasteiger partial charge on any atom is 0.207 e. The van der Waals surface area contributed by atoms with Gasteiger partial charge >= 0.3 is 0 Å². The molecule has 0 atom stereocenters. The number of nitrogens with one attached hydrogen (secondary N) is 1. The second-order valence-corrected chi connectivity index (χ2v) is 1.98. The second-order valence-electron chi connectivity index (χ2n) is 1.98. The van der Waals surface area contributed by atoms with E-state index in [1.54, 1.807) is 0 Å². The summed E-state index contributed by atoms with van der Waals surface area (Å²) in [5.74, 6) is 0. The van der Waals surface area contributed by atoms with Crippen LogP contribution in [-0.2, 0) is 9.53 Å². The number of unbranched alkanes of at least 4 members (excludes halogenated alkanes) is 1. The summed E-state index contributed by atoms with van der Waals surface area (Å²) >= 11 is 0. The highest BCUT2D eigenvalue weighted by Gasteiger charge is 1.85. The molecule has 3 nitrogen and oxygen atoms in total. The number of amides is 1. The van der Waals surface area contributed by atoms with Gasteiger partial charge in [0, 0.05) is 19.8 Å². The lowest BCUT2D eigenvalue weighted by Gasteiger charge is -1.99. The molecule has 0 aliphatic heterocycles. The zero-order valence-electron chi connectivity index (χ0n) is 6.43. The fourth-order valence-electron chi connectivity index (χ4n) is 0.634. The highest BCUT2D eigenvalue weighted by atomic mass is 16.5. The van der Waals surface area contributed by atoms with Crippen molar-refractivity contribution in [3.8, 4) is 0 Å². The summed E-state index contributed by atoms with van der Waals surface area (Å²) in [6.07, 6.45) is 2.74. The van der Waals surface area contributed by atoms with Gasteiger partial charge in [-0.05, 0) is 19.8 Å². The SMILES string of the molecule is CCOCCCCNC=O. The summed E-state index contributed by atoms with van der Waals surface area (Å²) in [7, 11) is 0. The molecule has 0 heterocycles. The van der Waals surface area contributed by atoms with E-state index in [0.29, 0.717) is 0 Å². The number of carbonyl (C=O) groups is 1. The van der Waals surface area contributed by atoms with Gasteiger partial charge in [-0.3, -0.25) is 4.79 Å². The van der Waals surface area contributed by atoms with Gasteiger partial charge in [-0.2, -0.15) is 0 Å². The Morgan fingerprint density at radius 2 is 2.30 bits per heavy atom. The Kier molecular flexibility index (Phi) is 7.95. The van der Waals surface area contributed by atoms with E-state index in [-0.39, 0.29) is 0 Å². The molecule has 10 heavy (non-hydrogen) atoms. The van der Waals surface area contributed by atoms with Crippen molar-refractivity contribution in [1.82, 2.24) is 5.32 Å². The monoisotopic (exact) mass is 145 g/mol. The van der Waals surface area contributed by atoms with Crippen LogP contribution in [0, 0.1) is 0 Å². The predicted molar refractivity (Wildman–Crippen MR) is 39.8 cm³/mol. The van der Waals surface area contributed by atoms with Crippen LogP contribution in [0.4, 0.5) is 0 Å². The van der Waals surface area contributed by atoms with Gasteiger partial charge in [0.05, 0.1) is 0 Å². The van der Waals surface area contributed by atoms with E-state index in [2.05, 4.69) is 5.32 Å². The molecule has 0 saturated carbocycles. The molecule has 0 aromatic rings. The smallest absolute Gasteiger partial charge is 0.207 e. The lowest BCUT2D eigenvalue weighted by Crippen LogP contribution is -2.12. The number of rotatable bonds is 7. The third-order valence-corrected chi connectivity index (χ3v) is 1.15. The number of ether oxygens (including phenoxy) is 1. The first-order chi connectivity index (χ1) is 4.91. The van der Waals surface area contributed by atoms with Crippen molar-refractivity contribution in [2.75, 3.05) is 19.8 Å². The van der Waals surface area contributed by atoms with Crippen LogP contribution in [-0.4, -0.2) is 26.2 Å². The van der Waals surface area contributed by atoms with Gasteiger partial charge in [0.2, 0.25) is 6.41 Å². The minimum absolute atomic E-state index is 0.723. The summed E-state index contributed by atoms with van der Waals surface area (Å²) in [6, 6.07) is 0. The Hall–Kier alpha value is -0.570. The van der Waals surface area contributed by atoms with Gasteiger partial charge in [0.1, 0.15) is 0 Å². The van der Waals surface area contributed by atoms with Gasteiger partial charge in [-0.1, -0.05) is 0 Å². The van der Waals surface area contributed by atoms with Crippen LogP contribution >= 0.6 is 0 Å². The van der Waals surface area contributed by atoms with Gasteiger partial charge in [0.25, 0.3) is 0 Å². The maximum atomic E-state index is 9.75.